The summed E-state index contributed by atoms with van der Waals surface area (Å²) >= 11 is 1.48. The molecule has 0 amide bonds. The van der Waals surface area contributed by atoms with Gasteiger partial charge in [-0.25, -0.2) is 4.98 Å². The summed E-state index contributed by atoms with van der Waals surface area (Å²) in [6.07, 6.45) is 6.91. The molecule has 1 aliphatic carbocycles. The highest BCUT2D eigenvalue weighted by molar-refractivity contribution is 7.09. The predicted molar refractivity (Wildman–Crippen MR) is 70.5 cm³/mol. The number of aryl methyl sites for hydroxylation is 1. The highest BCUT2D eigenvalue weighted by Crippen LogP contribution is 2.27. The minimum absolute atomic E-state index is 0.572. The van der Waals surface area contributed by atoms with Gasteiger partial charge < -0.3 is 5.32 Å². The summed E-state index contributed by atoms with van der Waals surface area (Å²) in [6, 6.07) is 1.43. The van der Waals surface area contributed by atoms with Crippen LogP contribution in [0.3, 0.4) is 0 Å². The van der Waals surface area contributed by atoms with Gasteiger partial charge in [0.2, 0.25) is 5.13 Å². The van der Waals surface area contributed by atoms with Crippen LogP contribution >= 0.6 is 11.5 Å². The fourth-order valence-corrected chi connectivity index (χ4v) is 3.69. The molecule has 1 aromatic heterocycles. The molecular formula is C12H20N4S. The molecule has 17 heavy (non-hydrogen) atoms. The molecule has 4 nitrogen and oxygen atoms in total. The van der Waals surface area contributed by atoms with Gasteiger partial charge in [-0.1, -0.05) is 12.8 Å². The zero-order chi connectivity index (χ0) is 11.7. The molecule has 1 aliphatic heterocycles. The number of anilines is 1. The Morgan fingerprint density at radius 3 is 2.82 bits per heavy atom. The van der Waals surface area contributed by atoms with Crippen LogP contribution in [0.15, 0.2) is 0 Å². The summed E-state index contributed by atoms with van der Waals surface area (Å²) in [6.45, 7) is 4.38. The molecule has 5 heteroatoms. The minimum Gasteiger partial charge on any atom is -0.356 e. The van der Waals surface area contributed by atoms with E-state index in [-0.39, 0.29) is 0 Å². The standard InChI is InChI=1S/C12H20N4S/c1-9-13-12(17-15-9)14-10-6-7-16(8-10)11-4-2-3-5-11/h10-11H,2-8H2,1H3,(H,13,14,15)/t10-/m1/s1. The van der Waals surface area contributed by atoms with E-state index in [1.807, 2.05) is 6.92 Å². The highest BCUT2D eigenvalue weighted by Gasteiger charge is 2.30. The monoisotopic (exact) mass is 252 g/mol. The molecule has 1 saturated carbocycles. The number of nitrogens with zero attached hydrogens (tertiary/aromatic N) is 3. The van der Waals surface area contributed by atoms with Gasteiger partial charge in [-0.3, -0.25) is 4.90 Å². The lowest BCUT2D eigenvalue weighted by Gasteiger charge is -2.23. The maximum absolute atomic E-state index is 4.37. The Balaban J connectivity index is 1.53. The molecule has 1 atom stereocenters. The van der Waals surface area contributed by atoms with Crippen LogP contribution < -0.4 is 5.32 Å². The molecule has 1 saturated heterocycles. The molecule has 0 aromatic carbocycles. The SMILES string of the molecule is Cc1nsc(N[C@@H]2CCN(C3CCCC3)C2)n1. The van der Waals surface area contributed by atoms with Gasteiger partial charge in [0.1, 0.15) is 5.82 Å². The Morgan fingerprint density at radius 2 is 2.12 bits per heavy atom. The van der Waals surface area contributed by atoms with E-state index in [0.717, 1.165) is 17.0 Å². The van der Waals surface area contributed by atoms with E-state index < -0.39 is 0 Å². The van der Waals surface area contributed by atoms with Gasteiger partial charge in [0.15, 0.2) is 0 Å². The number of nitrogens with one attached hydrogen (secondary N) is 1. The molecule has 0 bridgehead atoms. The third-order valence-electron chi connectivity index (χ3n) is 3.92. The molecule has 1 N–H and O–H groups in total. The summed E-state index contributed by atoms with van der Waals surface area (Å²) < 4.78 is 4.21. The molecule has 94 valence electrons. The van der Waals surface area contributed by atoms with Crippen LogP contribution in [-0.2, 0) is 0 Å². The van der Waals surface area contributed by atoms with Crippen molar-refractivity contribution in [1.29, 1.82) is 0 Å². The van der Waals surface area contributed by atoms with Crippen molar-refractivity contribution < 1.29 is 0 Å². The van der Waals surface area contributed by atoms with Gasteiger partial charge >= 0.3 is 0 Å². The molecular weight excluding hydrogens is 232 g/mol. The summed E-state index contributed by atoms with van der Waals surface area (Å²) in [5.74, 6) is 0.878. The molecule has 0 radical (unpaired) electrons. The maximum Gasteiger partial charge on any atom is 0.202 e. The Kier molecular flexibility index (Phi) is 3.29. The minimum atomic E-state index is 0.572. The fraction of sp³-hybridized carbons (Fsp3) is 0.833. The van der Waals surface area contributed by atoms with E-state index >= 15 is 0 Å². The molecule has 2 heterocycles. The fourth-order valence-electron chi connectivity index (χ4n) is 3.04. The molecule has 3 rings (SSSR count). The van der Waals surface area contributed by atoms with Crippen LogP contribution in [-0.4, -0.2) is 39.4 Å². The first-order valence-electron chi connectivity index (χ1n) is 6.62. The lowest BCUT2D eigenvalue weighted by molar-refractivity contribution is 0.245. The Bertz CT molecular complexity index is 372. The van der Waals surface area contributed by atoms with E-state index in [4.69, 9.17) is 0 Å². The second-order valence-corrected chi connectivity index (χ2v) is 5.96. The summed E-state index contributed by atoms with van der Waals surface area (Å²) in [5, 5.41) is 4.51. The normalized spacial score (nSPS) is 26.8. The lowest BCUT2D eigenvalue weighted by Crippen LogP contribution is -2.33. The van der Waals surface area contributed by atoms with Crippen molar-refractivity contribution in [2.24, 2.45) is 0 Å². The quantitative estimate of drug-likeness (QED) is 0.896. The number of aromatic nitrogens is 2. The van der Waals surface area contributed by atoms with Gasteiger partial charge in [-0.05, 0) is 26.2 Å². The largest absolute Gasteiger partial charge is 0.356 e. The first-order chi connectivity index (χ1) is 8.31. The van der Waals surface area contributed by atoms with Crippen molar-refractivity contribution in [2.45, 2.75) is 51.1 Å². The van der Waals surface area contributed by atoms with Gasteiger partial charge in [-0.2, -0.15) is 4.37 Å². The van der Waals surface area contributed by atoms with Crippen LogP contribution in [0.4, 0.5) is 5.13 Å². The molecule has 2 fully saturated rings. The van der Waals surface area contributed by atoms with E-state index in [1.165, 1.54) is 56.7 Å². The number of likely N-dealkylation sites (tertiary alicyclic amines) is 1. The highest BCUT2D eigenvalue weighted by atomic mass is 32.1. The second kappa shape index (κ2) is 4.90. The molecule has 0 unspecified atom stereocenters. The molecule has 0 spiro atoms. The van der Waals surface area contributed by atoms with Crippen LogP contribution in [0, 0.1) is 6.92 Å². The number of hydrogen-bond acceptors (Lipinski definition) is 5. The van der Waals surface area contributed by atoms with Crippen molar-refractivity contribution in [3.05, 3.63) is 5.82 Å². The van der Waals surface area contributed by atoms with Crippen LogP contribution in [0.2, 0.25) is 0 Å². The summed E-state index contributed by atoms with van der Waals surface area (Å²) in [5.41, 5.74) is 0. The van der Waals surface area contributed by atoms with Crippen molar-refractivity contribution in [3.8, 4) is 0 Å². The smallest absolute Gasteiger partial charge is 0.202 e. The molecule has 2 aliphatic rings. The zero-order valence-corrected chi connectivity index (χ0v) is 11.2. The van der Waals surface area contributed by atoms with Crippen molar-refractivity contribution in [3.63, 3.8) is 0 Å². The predicted octanol–water partition coefficient (Wildman–Crippen LogP) is 2.28. The van der Waals surface area contributed by atoms with Gasteiger partial charge in [0.25, 0.3) is 0 Å². The van der Waals surface area contributed by atoms with Gasteiger partial charge in [0, 0.05) is 36.7 Å². The Morgan fingerprint density at radius 1 is 1.29 bits per heavy atom. The lowest BCUT2D eigenvalue weighted by atomic mass is 10.2. The average Bonchev–Trinajstić information content (AvgIpc) is 3.00. The van der Waals surface area contributed by atoms with Crippen molar-refractivity contribution in [1.82, 2.24) is 14.3 Å². The zero-order valence-electron chi connectivity index (χ0n) is 10.4. The van der Waals surface area contributed by atoms with Crippen LogP contribution in [0.5, 0.6) is 0 Å². The number of rotatable bonds is 3. The summed E-state index contributed by atoms with van der Waals surface area (Å²) in [4.78, 5) is 7.04. The van der Waals surface area contributed by atoms with Gasteiger partial charge in [0.05, 0.1) is 0 Å². The van der Waals surface area contributed by atoms with E-state index in [2.05, 4.69) is 19.6 Å². The first-order valence-corrected chi connectivity index (χ1v) is 7.39. The average molecular weight is 252 g/mol. The van der Waals surface area contributed by atoms with Crippen LogP contribution in [0.1, 0.15) is 37.9 Å². The van der Waals surface area contributed by atoms with Crippen molar-refractivity contribution >= 4 is 16.7 Å². The molecule has 1 aromatic rings. The van der Waals surface area contributed by atoms with E-state index in [1.54, 1.807) is 0 Å². The summed E-state index contributed by atoms with van der Waals surface area (Å²) in [7, 11) is 0. The van der Waals surface area contributed by atoms with Gasteiger partial charge in [-0.15, -0.1) is 0 Å². The third kappa shape index (κ3) is 2.60. The van der Waals surface area contributed by atoms with Crippen molar-refractivity contribution in [2.75, 3.05) is 18.4 Å². The van der Waals surface area contributed by atoms with E-state index in [0.29, 0.717) is 6.04 Å². The number of hydrogen-bond donors (Lipinski definition) is 1. The Hall–Kier alpha value is -0.680. The topological polar surface area (TPSA) is 41.1 Å². The maximum atomic E-state index is 4.37. The second-order valence-electron chi connectivity index (χ2n) is 5.21. The first kappa shape index (κ1) is 11.4. The van der Waals surface area contributed by atoms with E-state index in [9.17, 15) is 0 Å². The van der Waals surface area contributed by atoms with Crippen LogP contribution in [0.25, 0.3) is 0 Å². The third-order valence-corrected chi connectivity index (χ3v) is 4.65. The Labute approximate surface area is 107 Å².